The van der Waals surface area contributed by atoms with E-state index in [9.17, 15) is 4.79 Å². The van der Waals surface area contributed by atoms with Crippen LogP contribution in [-0.4, -0.2) is 64.7 Å². The first-order valence-electron chi connectivity index (χ1n) is 11.1. The predicted octanol–water partition coefficient (Wildman–Crippen LogP) is 3.12. The van der Waals surface area contributed by atoms with E-state index in [0.717, 1.165) is 55.5 Å². The van der Waals surface area contributed by atoms with Crippen molar-refractivity contribution in [2.75, 3.05) is 52.8 Å². The lowest BCUT2D eigenvalue weighted by Crippen LogP contribution is -2.40. The summed E-state index contributed by atoms with van der Waals surface area (Å²) in [6.07, 6.45) is 3.08. The number of ether oxygens (including phenoxy) is 2. The van der Waals surface area contributed by atoms with Crippen LogP contribution in [0.3, 0.4) is 0 Å². The average molecular weight is 439 g/mol. The zero-order valence-electron chi connectivity index (χ0n) is 19.6. The molecule has 0 saturated carbocycles. The van der Waals surface area contributed by atoms with Gasteiger partial charge in [-0.3, -0.25) is 9.79 Å². The number of anilines is 1. The smallest absolute Gasteiger partial charge is 0.227 e. The summed E-state index contributed by atoms with van der Waals surface area (Å²) in [6.45, 7) is 2.29. The number of nitrogens with zero attached hydrogens (tertiary/aromatic N) is 3. The molecule has 0 aliphatic carbocycles. The Morgan fingerprint density at radius 1 is 1.16 bits per heavy atom. The van der Waals surface area contributed by atoms with Crippen LogP contribution in [0.25, 0.3) is 0 Å². The minimum absolute atomic E-state index is 0.188. The van der Waals surface area contributed by atoms with Gasteiger partial charge >= 0.3 is 0 Å². The molecule has 0 unspecified atom stereocenters. The van der Waals surface area contributed by atoms with Crippen LogP contribution in [0.1, 0.15) is 24.0 Å². The molecule has 0 spiro atoms. The Kier molecular flexibility index (Phi) is 8.36. The van der Waals surface area contributed by atoms with Gasteiger partial charge in [0.2, 0.25) is 5.91 Å². The molecule has 0 saturated heterocycles. The summed E-state index contributed by atoms with van der Waals surface area (Å²) in [6, 6.07) is 14.1. The van der Waals surface area contributed by atoms with E-state index in [1.54, 1.807) is 21.3 Å². The second kappa shape index (κ2) is 11.4. The molecule has 0 bridgehead atoms. The van der Waals surface area contributed by atoms with Crippen molar-refractivity contribution < 1.29 is 14.3 Å². The molecular formula is C25H34N4O3. The molecule has 1 N–H and O–H groups in total. The zero-order chi connectivity index (χ0) is 22.9. The Bertz CT molecular complexity index is 945. The number of para-hydroxylation sites is 1. The first-order chi connectivity index (χ1) is 15.6. The van der Waals surface area contributed by atoms with E-state index in [1.807, 2.05) is 48.3 Å². The van der Waals surface area contributed by atoms with Gasteiger partial charge in [-0.25, -0.2) is 0 Å². The number of methoxy groups -OCH3 is 2. The summed E-state index contributed by atoms with van der Waals surface area (Å²) in [5, 5.41) is 3.37. The van der Waals surface area contributed by atoms with Crippen LogP contribution in [-0.2, 0) is 17.6 Å². The Morgan fingerprint density at radius 2 is 1.94 bits per heavy atom. The highest BCUT2D eigenvalue weighted by Crippen LogP contribution is 2.28. The van der Waals surface area contributed by atoms with E-state index in [0.29, 0.717) is 13.0 Å². The number of nitrogens with one attached hydrogen (secondary N) is 1. The summed E-state index contributed by atoms with van der Waals surface area (Å²) in [7, 11) is 7.08. The van der Waals surface area contributed by atoms with Crippen LogP contribution < -0.4 is 19.7 Å². The highest BCUT2D eigenvalue weighted by molar-refractivity contribution is 5.95. The van der Waals surface area contributed by atoms with Crippen LogP contribution in [0.5, 0.6) is 11.5 Å². The molecule has 32 heavy (non-hydrogen) atoms. The maximum absolute atomic E-state index is 12.7. The van der Waals surface area contributed by atoms with Gasteiger partial charge in [0.1, 0.15) is 0 Å². The van der Waals surface area contributed by atoms with Gasteiger partial charge in [-0.15, -0.1) is 0 Å². The number of carbonyl (C=O) groups excluding carboxylic acids is 1. The minimum Gasteiger partial charge on any atom is -0.493 e. The Morgan fingerprint density at radius 3 is 2.69 bits per heavy atom. The third-order valence-corrected chi connectivity index (χ3v) is 5.80. The number of aliphatic imine (C=N–C) groups is 1. The molecule has 1 aliphatic rings. The van der Waals surface area contributed by atoms with Gasteiger partial charge < -0.3 is 24.6 Å². The molecule has 1 heterocycles. The van der Waals surface area contributed by atoms with E-state index >= 15 is 0 Å². The lowest BCUT2D eigenvalue weighted by molar-refractivity contribution is -0.118. The number of fused-ring (bicyclic) bond motifs is 1. The lowest BCUT2D eigenvalue weighted by Gasteiger charge is -2.22. The van der Waals surface area contributed by atoms with Crippen molar-refractivity contribution in [2.45, 2.75) is 25.7 Å². The fourth-order valence-electron chi connectivity index (χ4n) is 4.00. The van der Waals surface area contributed by atoms with Crippen LogP contribution in [0, 0.1) is 0 Å². The molecule has 3 rings (SSSR count). The lowest BCUT2D eigenvalue weighted by atomic mass is 10.1. The molecule has 1 amide bonds. The molecule has 0 aromatic heterocycles. The maximum Gasteiger partial charge on any atom is 0.227 e. The number of amides is 1. The highest BCUT2D eigenvalue weighted by atomic mass is 16.5. The first kappa shape index (κ1) is 23.4. The van der Waals surface area contributed by atoms with E-state index in [1.165, 1.54) is 11.1 Å². The van der Waals surface area contributed by atoms with Crippen molar-refractivity contribution in [3.05, 3.63) is 53.6 Å². The van der Waals surface area contributed by atoms with E-state index in [4.69, 9.17) is 9.47 Å². The zero-order valence-corrected chi connectivity index (χ0v) is 19.6. The second-order valence-electron chi connectivity index (χ2n) is 7.86. The van der Waals surface area contributed by atoms with Crippen molar-refractivity contribution >= 4 is 17.6 Å². The summed E-state index contributed by atoms with van der Waals surface area (Å²) >= 11 is 0. The summed E-state index contributed by atoms with van der Waals surface area (Å²) in [5.41, 5.74) is 3.49. The number of carbonyl (C=O) groups is 1. The molecule has 0 radical (unpaired) electrons. The van der Waals surface area contributed by atoms with Crippen LogP contribution in [0.2, 0.25) is 0 Å². The molecule has 2 aromatic rings. The Hall–Kier alpha value is -3.22. The summed E-state index contributed by atoms with van der Waals surface area (Å²) in [5.74, 6) is 2.48. The molecule has 7 nitrogen and oxygen atoms in total. The molecule has 0 fully saturated rings. The average Bonchev–Trinajstić information content (AvgIpc) is 3.26. The van der Waals surface area contributed by atoms with Crippen molar-refractivity contribution in [3.63, 3.8) is 0 Å². The highest BCUT2D eigenvalue weighted by Gasteiger charge is 2.23. The van der Waals surface area contributed by atoms with Gasteiger partial charge in [0.15, 0.2) is 17.5 Å². The first-order valence-corrected chi connectivity index (χ1v) is 11.1. The minimum atomic E-state index is 0.188. The quantitative estimate of drug-likeness (QED) is 0.370. The van der Waals surface area contributed by atoms with Crippen LogP contribution >= 0.6 is 0 Å². The predicted molar refractivity (Wildman–Crippen MR) is 129 cm³/mol. The van der Waals surface area contributed by atoms with Crippen molar-refractivity contribution in [1.82, 2.24) is 10.2 Å². The fraction of sp³-hybridized carbons (Fsp3) is 0.440. The Balaban J connectivity index is 1.42. The number of benzene rings is 2. The second-order valence-corrected chi connectivity index (χ2v) is 7.86. The Labute approximate surface area is 191 Å². The third kappa shape index (κ3) is 5.72. The van der Waals surface area contributed by atoms with E-state index in [2.05, 4.69) is 21.3 Å². The summed E-state index contributed by atoms with van der Waals surface area (Å²) in [4.78, 5) is 21.0. The van der Waals surface area contributed by atoms with Crippen molar-refractivity contribution in [3.8, 4) is 11.5 Å². The number of rotatable bonds is 9. The normalized spacial score (nSPS) is 13.0. The molecule has 1 aliphatic heterocycles. The molecule has 172 valence electrons. The van der Waals surface area contributed by atoms with Gasteiger partial charge in [0.05, 0.1) is 14.2 Å². The molecule has 2 aromatic carbocycles. The molecule has 0 atom stereocenters. The number of likely N-dealkylation sites (N-methyl/N-ethyl adjacent to an activating group) is 1. The number of hydrogen-bond acceptors (Lipinski definition) is 4. The molecule has 7 heteroatoms. The van der Waals surface area contributed by atoms with Gasteiger partial charge in [0.25, 0.3) is 0 Å². The third-order valence-electron chi connectivity index (χ3n) is 5.80. The van der Waals surface area contributed by atoms with E-state index < -0.39 is 0 Å². The van der Waals surface area contributed by atoms with Crippen LogP contribution in [0.4, 0.5) is 5.69 Å². The number of guanidine groups is 1. The monoisotopic (exact) mass is 438 g/mol. The van der Waals surface area contributed by atoms with Gasteiger partial charge in [0, 0.05) is 45.8 Å². The van der Waals surface area contributed by atoms with Gasteiger partial charge in [-0.1, -0.05) is 24.3 Å². The molecular weight excluding hydrogens is 404 g/mol. The van der Waals surface area contributed by atoms with Crippen LogP contribution in [0.15, 0.2) is 47.5 Å². The number of hydrogen-bond donors (Lipinski definition) is 1. The standard InChI is InChI=1S/C25H34N4O3/c1-26-25(28(2)16-13-19-11-12-22(31-3)23(18-19)32-4)27-15-7-10-24(30)29-17-14-20-8-5-6-9-21(20)29/h5-6,8-9,11-12,18H,7,10,13-17H2,1-4H3,(H,26,27). The van der Waals surface area contributed by atoms with Crippen molar-refractivity contribution in [2.24, 2.45) is 4.99 Å². The van der Waals surface area contributed by atoms with E-state index in [-0.39, 0.29) is 5.91 Å². The largest absolute Gasteiger partial charge is 0.493 e. The maximum atomic E-state index is 12.7. The van der Waals surface area contributed by atoms with Gasteiger partial charge in [-0.2, -0.15) is 0 Å². The SMILES string of the molecule is CN=C(NCCCC(=O)N1CCc2ccccc21)N(C)CCc1ccc(OC)c(OC)c1. The van der Waals surface area contributed by atoms with Gasteiger partial charge in [-0.05, 0) is 48.6 Å². The fourth-order valence-corrected chi connectivity index (χ4v) is 4.00. The van der Waals surface area contributed by atoms with Crippen molar-refractivity contribution in [1.29, 1.82) is 0 Å². The topological polar surface area (TPSA) is 66.4 Å². The summed E-state index contributed by atoms with van der Waals surface area (Å²) < 4.78 is 10.7.